The second-order valence-corrected chi connectivity index (χ2v) is 7.62. The minimum Gasteiger partial charge on any atom is -0.508 e. The fraction of sp³-hybridized carbons (Fsp3) is 0.435. The fourth-order valence-electron chi connectivity index (χ4n) is 3.43. The minimum atomic E-state index is -0.0664. The zero-order chi connectivity index (χ0) is 21.5. The summed E-state index contributed by atoms with van der Waals surface area (Å²) in [6, 6.07) is 10.5. The smallest absolute Gasteiger partial charge is 0.254 e. The van der Waals surface area contributed by atoms with Crippen molar-refractivity contribution in [3.05, 3.63) is 47.0 Å². The van der Waals surface area contributed by atoms with Gasteiger partial charge in [-0.3, -0.25) is 4.79 Å². The zero-order valence-electron chi connectivity index (χ0n) is 17.6. The molecule has 0 atom stereocenters. The summed E-state index contributed by atoms with van der Waals surface area (Å²) in [5, 5.41) is 9.85. The van der Waals surface area contributed by atoms with Gasteiger partial charge in [-0.2, -0.15) is 0 Å². The van der Waals surface area contributed by atoms with Gasteiger partial charge >= 0.3 is 0 Å². The lowest BCUT2D eigenvalue weighted by Gasteiger charge is -2.36. The van der Waals surface area contributed by atoms with Gasteiger partial charge in [0.05, 0.1) is 18.2 Å². The Balaban J connectivity index is 1.69. The third kappa shape index (κ3) is 5.30. The summed E-state index contributed by atoms with van der Waals surface area (Å²) >= 11 is 6.44. The molecule has 1 heterocycles. The summed E-state index contributed by atoms with van der Waals surface area (Å²) in [6.07, 6.45) is 1.95. The molecule has 162 valence electrons. The lowest BCUT2D eigenvalue weighted by Crippen LogP contribution is -2.48. The third-order valence-electron chi connectivity index (χ3n) is 5.08. The predicted octanol–water partition coefficient (Wildman–Crippen LogP) is 4.59. The van der Waals surface area contributed by atoms with Gasteiger partial charge in [0.15, 0.2) is 11.5 Å². The molecule has 3 rings (SSSR count). The van der Waals surface area contributed by atoms with Crippen LogP contribution in [-0.2, 0) is 0 Å². The Morgan fingerprint density at radius 2 is 1.77 bits per heavy atom. The van der Waals surface area contributed by atoms with Crippen LogP contribution in [0.15, 0.2) is 36.4 Å². The summed E-state index contributed by atoms with van der Waals surface area (Å²) < 4.78 is 11.5. The van der Waals surface area contributed by atoms with E-state index in [1.165, 1.54) is 0 Å². The molecule has 0 unspecified atom stereocenters. The number of phenols is 1. The highest BCUT2D eigenvalue weighted by molar-refractivity contribution is 6.32. The van der Waals surface area contributed by atoms with Crippen molar-refractivity contribution in [2.75, 3.05) is 44.3 Å². The maximum Gasteiger partial charge on any atom is 0.254 e. The van der Waals surface area contributed by atoms with Crippen molar-refractivity contribution in [3.8, 4) is 17.2 Å². The Kier molecular flexibility index (Phi) is 7.69. The van der Waals surface area contributed by atoms with Crippen molar-refractivity contribution >= 4 is 23.2 Å². The molecular weight excluding hydrogens is 404 g/mol. The van der Waals surface area contributed by atoms with Crippen LogP contribution in [0.3, 0.4) is 0 Å². The average Bonchev–Trinajstić information content (AvgIpc) is 2.76. The number of aromatic hydroxyl groups is 1. The summed E-state index contributed by atoms with van der Waals surface area (Å²) in [5.41, 5.74) is 1.54. The van der Waals surface area contributed by atoms with Crippen molar-refractivity contribution < 1.29 is 19.4 Å². The molecule has 1 aliphatic heterocycles. The van der Waals surface area contributed by atoms with Gasteiger partial charge in [0.2, 0.25) is 0 Å². The summed E-state index contributed by atoms with van der Waals surface area (Å²) in [7, 11) is 0. The van der Waals surface area contributed by atoms with Gasteiger partial charge in [-0.05, 0) is 49.7 Å². The van der Waals surface area contributed by atoms with Gasteiger partial charge in [-0.1, -0.05) is 24.9 Å². The van der Waals surface area contributed by atoms with Crippen LogP contribution in [0.4, 0.5) is 5.69 Å². The van der Waals surface area contributed by atoms with Crippen molar-refractivity contribution in [2.24, 2.45) is 0 Å². The Hall–Kier alpha value is -2.60. The van der Waals surface area contributed by atoms with Crippen LogP contribution >= 0.6 is 11.6 Å². The van der Waals surface area contributed by atoms with Crippen molar-refractivity contribution in [2.45, 2.75) is 26.7 Å². The van der Waals surface area contributed by atoms with Crippen LogP contribution in [0.25, 0.3) is 0 Å². The maximum absolute atomic E-state index is 13.1. The molecule has 2 aromatic rings. The number of phenolic OH excluding ortho intramolecular Hbond substituents is 1. The second kappa shape index (κ2) is 10.4. The minimum absolute atomic E-state index is 0.0664. The van der Waals surface area contributed by atoms with Crippen molar-refractivity contribution in [3.63, 3.8) is 0 Å². The number of halogens is 1. The molecule has 0 spiro atoms. The highest BCUT2D eigenvalue weighted by Gasteiger charge is 2.24. The lowest BCUT2D eigenvalue weighted by atomic mass is 10.1. The van der Waals surface area contributed by atoms with Gasteiger partial charge in [0.25, 0.3) is 5.91 Å². The predicted molar refractivity (Wildman–Crippen MR) is 119 cm³/mol. The molecule has 0 aromatic heterocycles. The first-order chi connectivity index (χ1) is 14.5. The van der Waals surface area contributed by atoms with Gasteiger partial charge < -0.3 is 24.4 Å². The molecule has 30 heavy (non-hydrogen) atoms. The van der Waals surface area contributed by atoms with Gasteiger partial charge in [0, 0.05) is 37.4 Å². The normalized spacial score (nSPS) is 14.0. The number of carbonyl (C=O) groups excluding carboxylic acids is 1. The van der Waals surface area contributed by atoms with Crippen LogP contribution < -0.4 is 14.4 Å². The first-order valence-electron chi connectivity index (χ1n) is 10.5. The largest absolute Gasteiger partial charge is 0.508 e. The van der Waals surface area contributed by atoms with E-state index in [2.05, 4.69) is 11.8 Å². The molecule has 6 nitrogen and oxygen atoms in total. The summed E-state index contributed by atoms with van der Waals surface area (Å²) in [6.45, 7) is 7.66. The first-order valence-corrected chi connectivity index (χ1v) is 10.8. The Bertz CT molecular complexity index is 849. The molecule has 1 amide bonds. The number of carbonyl (C=O) groups is 1. The number of unbranched alkanes of at least 4 members (excludes halogenated alkanes) is 1. The van der Waals surface area contributed by atoms with Gasteiger partial charge in [0.1, 0.15) is 5.75 Å². The van der Waals surface area contributed by atoms with E-state index >= 15 is 0 Å². The van der Waals surface area contributed by atoms with Crippen molar-refractivity contribution in [1.29, 1.82) is 0 Å². The highest BCUT2D eigenvalue weighted by Crippen LogP contribution is 2.37. The molecule has 1 N–H and O–H groups in total. The maximum atomic E-state index is 13.1. The van der Waals surface area contributed by atoms with Crippen LogP contribution in [0.5, 0.6) is 17.2 Å². The van der Waals surface area contributed by atoms with E-state index in [0.717, 1.165) is 31.6 Å². The lowest BCUT2D eigenvalue weighted by molar-refractivity contribution is 0.0746. The van der Waals surface area contributed by atoms with Crippen molar-refractivity contribution in [1.82, 2.24) is 4.90 Å². The van der Waals surface area contributed by atoms with Gasteiger partial charge in [-0.25, -0.2) is 0 Å². The number of hydrogen-bond acceptors (Lipinski definition) is 5. The number of ether oxygens (including phenoxy) is 2. The van der Waals surface area contributed by atoms with E-state index in [1.807, 2.05) is 24.0 Å². The Morgan fingerprint density at radius 1 is 1.07 bits per heavy atom. The van der Waals surface area contributed by atoms with E-state index in [-0.39, 0.29) is 11.7 Å². The number of hydrogen-bond donors (Lipinski definition) is 1. The molecule has 2 aromatic carbocycles. The molecular formula is C23H29ClN2O4. The zero-order valence-corrected chi connectivity index (χ0v) is 18.3. The molecule has 1 aliphatic rings. The van der Waals surface area contributed by atoms with Crippen LogP contribution in [0, 0.1) is 0 Å². The number of nitrogens with zero attached hydrogens (tertiary/aromatic N) is 2. The van der Waals surface area contributed by atoms with Crippen LogP contribution in [0.1, 0.15) is 37.0 Å². The second-order valence-electron chi connectivity index (χ2n) is 7.22. The molecule has 0 bridgehead atoms. The topological polar surface area (TPSA) is 62.2 Å². The molecule has 0 saturated carbocycles. The SMILES string of the molecule is CCCCOc1c(Cl)cc(C(=O)N2CCN(c3ccc(O)cc3)CC2)cc1OCC. The van der Waals surface area contributed by atoms with E-state index in [1.54, 1.807) is 24.3 Å². The summed E-state index contributed by atoms with van der Waals surface area (Å²) in [5.74, 6) is 1.19. The van der Waals surface area contributed by atoms with E-state index in [0.29, 0.717) is 48.4 Å². The molecule has 1 saturated heterocycles. The van der Waals surface area contributed by atoms with E-state index in [9.17, 15) is 9.90 Å². The molecule has 7 heteroatoms. The number of benzene rings is 2. The molecule has 0 radical (unpaired) electrons. The Morgan fingerprint density at radius 3 is 2.40 bits per heavy atom. The van der Waals surface area contributed by atoms with Crippen LogP contribution in [0.2, 0.25) is 5.02 Å². The van der Waals surface area contributed by atoms with Gasteiger partial charge in [-0.15, -0.1) is 0 Å². The number of piperazine rings is 1. The number of amides is 1. The number of anilines is 1. The van der Waals surface area contributed by atoms with E-state index < -0.39 is 0 Å². The fourth-order valence-corrected chi connectivity index (χ4v) is 3.69. The third-order valence-corrected chi connectivity index (χ3v) is 5.36. The quantitative estimate of drug-likeness (QED) is 0.618. The average molecular weight is 433 g/mol. The van der Waals surface area contributed by atoms with E-state index in [4.69, 9.17) is 21.1 Å². The molecule has 1 fully saturated rings. The Labute approximate surface area is 183 Å². The highest BCUT2D eigenvalue weighted by atomic mass is 35.5. The standard InChI is InChI=1S/C23H29ClN2O4/c1-3-5-14-30-22-20(24)15-17(16-21(22)29-4-2)23(28)26-12-10-25(11-13-26)18-6-8-19(27)9-7-18/h6-9,15-16,27H,3-5,10-14H2,1-2H3. The summed E-state index contributed by atoms with van der Waals surface area (Å²) in [4.78, 5) is 17.1. The van der Waals surface area contributed by atoms with Crippen LogP contribution in [-0.4, -0.2) is 55.3 Å². The monoisotopic (exact) mass is 432 g/mol. The first kappa shape index (κ1) is 22.1. The molecule has 0 aliphatic carbocycles. The number of rotatable bonds is 8.